The number of rotatable bonds is 8. The van der Waals surface area contributed by atoms with Gasteiger partial charge in [-0.2, -0.15) is 13.2 Å². The fourth-order valence-corrected chi connectivity index (χ4v) is 2.44. The molecule has 0 unspecified atom stereocenters. The van der Waals surface area contributed by atoms with E-state index in [9.17, 15) is 38.2 Å². The van der Waals surface area contributed by atoms with Gasteiger partial charge in [-0.25, -0.2) is 5.48 Å². The third kappa shape index (κ3) is 5.32. The Bertz CT molecular complexity index is 919. The van der Waals surface area contributed by atoms with Crippen molar-refractivity contribution in [1.29, 1.82) is 0 Å². The van der Waals surface area contributed by atoms with Crippen LogP contribution in [0.1, 0.15) is 12.0 Å². The normalized spacial score (nSPS) is 10.9. The summed E-state index contributed by atoms with van der Waals surface area (Å²) in [6, 6.07) is 8.09. The number of nitrogens with zero attached hydrogens (tertiary/aromatic N) is 3. The molecule has 0 saturated carbocycles. The van der Waals surface area contributed by atoms with E-state index in [0.29, 0.717) is 5.69 Å². The summed E-state index contributed by atoms with van der Waals surface area (Å²) in [7, 11) is 0. The summed E-state index contributed by atoms with van der Waals surface area (Å²) in [6.45, 7) is -0.244. The van der Waals surface area contributed by atoms with E-state index in [0.717, 1.165) is 5.01 Å². The summed E-state index contributed by atoms with van der Waals surface area (Å²) >= 11 is 0. The summed E-state index contributed by atoms with van der Waals surface area (Å²) in [5, 5.41) is 32.5. The Morgan fingerprint density at radius 3 is 2.03 bits per heavy atom. The molecule has 0 fully saturated rings. The van der Waals surface area contributed by atoms with Gasteiger partial charge in [0, 0.05) is 25.1 Å². The van der Waals surface area contributed by atoms with Crippen molar-refractivity contribution in [3.8, 4) is 0 Å². The Hall–Kier alpha value is -3.94. The second kappa shape index (κ2) is 9.04. The van der Waals surface area contributed by atoms with E-state index in [1.165, 1.54) is 17.6 Å². The number of anilines is 2. The van der Waals surface area contributed by atoms with E-state index >= 15 is 0 Å². The average Bonchev–Trinajstić information content (AvgIpc) is 2.69. The number of halogens is 3. The molecule has 2 rings (SSSR count). The highest BCUT2D eigenvalue weighted by molar-refractivity contribution is 5.78. The molecule has 0 aromatic heterocycles. The summed E-state index contributed by atoms with van der Waals surface area (Å²) in [5.41, 5.74) is -0.655. The molecular weight excluding hydrogens is 415 g/mol. The quantitative estimate of drug-likeness (QED) is 0.329. The van der Waals surface area contributed by atoms with Crippen molar-refractivity contribution in [1.82, 2.24) is 5.48 Å². The number of para-hydroxylation sites is 1. The molecule has 11 nitrogen and oxygen atoms in total. The Labute approximate surface area is 165 Å². The molecule has 0 saturated heterocycles. The van der Waals surface area contributed by atoms with Gasteiger partial charge in [-0.05, 0) is 12.1 Å². The van der Waals surface area contributed by atoms with Crippen molar-refractivity contribution < 1.29 is 33.0 Å². The second-order valence-electron chi connectivity index (χ2n) is 5.79. The molecule has 0 atom stereocenters. The van der Waals surface area contributed by atoms with Crippen LogP contribution in [0.15, 0.2) is 42.5 Å². The number of hydrogen-bond donors (Lipinski definition) is 3. The van der Waals surface area contributed by atoms with Gasteiger partial charge in [0.25, 0.3) is 0 Å². The minimum atomic E-state index is -5.05. The van der Waals surface area contributed by atoms with Crippen LogP contribution in [0, 0.1) is 20.2 Å². The first-order valence-electron chi connectivity index (χ1n) is 8.10. The number of hydroxylamine groups is 1. The Morgan fingerprint density at radius 1 is 1.07 bits per heavy atom. The van der Waals surface area contributed by atoms with Crippen LogP contribution >= 0.6 is 0 Å². The number of carbonyl (C=O) groups excluding carboxylic acids is 1. The Kier molecular flexibility index (Phi) is 6.73. The Morgan fingerprint density at radius 2 is 1.60 bits per heavy atom. The van der Waals surface area contributed by atoms with Gasteiger partial charge in [0.1, 0.15) is 0 Å². The highest BCUT2D eigenvalue weighted by Gasteiger charge is 2.38. The van der Waals surface area contributed by atoms with Crippen molar-refractivity contribution in [2.75, 3.05) is 17.0 Å². The number of nitro benzene ring substituents is 2. The first kappa shape index (κ1) is 22.4. The predicted octanol–water partition coefficient (Wildman–Crippen LogP) is 3.25. The lowest BCUT2D eigenvalue weighted by molar-refractivity contribution is -0.392. The van der Waals surface area contributed by atoms with E-state index in [-0.39, 0.29) is 25.1 Å². The SMILES string of the molecule is O=C(CCN(Nc1c([N+](=O)[O-])cc(C(F)(F)F)cc1[N+](=O)[O-])c1ccccc1)NO. The molecule has 0 bridgehead atoms. The number of nitro groups is 2. The third-order valence-corrected chi connectivity index (χ3v) is 3.82. The van der Waals surface area contributed by atoms with Crippen LogP contribution in [-0.4, -0.2) is 27.5 Å². The zero-order valence-corrected chi connectivity index (χ0v) is 14.9. The molecule has 0 aliphatic carbocycles. The number of amides is 1. The van der Waals surface area contributed by atoms with Crippen molar-refractivity contribution in [3.05, 3.63) is 68.3 Å². The van der Waals surface area contributed by atoms with Crippen LogP contribution in [0.2, 0.25) is 0 Å². The highest BCUT2D eigenvalue weighted by atomic mass is 19.4. The van der Waals surface area contributed by atoms with E-state index in [1.54, 1.807) is 18.2 Å². The molecular formula is C16H14F3N5O6. The molecule has 2 aromatic rings. The number of carbonyl (C=O) groups is 1. The fourth-order valence-electron chi connectivity index (χ4n) is 2.44. The third-order valence-electron chi connectivity index (χ3n) is 3.82. The lowest BCUT2D eigenvalue weighted by Gasteiger charge is -2.26. The molecule has 0 aliphatic rings. The molecule has 3 N–H and O–H groups in total. The number of hydrogen-bond acceptors (Lipinski definition) is 8. The number of hydrazine groups is 1. The van der Waals surface area contributed by atoms with Crippen molar-refractivity contribution >= 4 is 28.7 Å². The first-order chi connectivity index (χ1) is 14.0. The van der Waals surface area contributed by atoms with E-state index in [1.807, 2.05) is 0 Å². The minimum absolute atomic E-state index is 0.180. The van der Waals surface area contributed by atoms with E-state index < -0.39 is 44.6 Å². The van der Waals surface area contributed by atoms with Crippen LogP contribution in [0.5, 0.6) is 0 Å². The molecule has 0 radical (unpaired) electrons. The molecule has 160 valence electrons. The lowest BCUT2D eigenvalue weighted by Crippen LogP contribution is -2.34. The van der Waals surface area contributed by atoms with Gasteiger partial charge in [0.15, 0.2) is 0 Å². The first-order valence-corrected chi connectivity index (χ1v) is 8.10. The van der Waals surface area contributed by atoms with Gasteiger partial charge in [0.05, 0.1) is 21.1 Å². The maximum atomic E-state index is 13.0. The van der Waals surface area contributed by atoms with Crippen LogP contribution < -0.4 is 15.9 Å². The second-order valence-corrected chi connectivity index (χ2v) is 5.79. The maximum Gasteiger partial charge on any atom is 0.416 e. The maximum absolute atomic E-state index is 13.0. The number of benzene rings is 2. The summed E-state index contributed by atoms with van der Waals surface area (Å²) in [6.07, 6.45) is -5.40. The van der Waals surface area contributed by atoms with E-state index in [4.69, 9.17) is 5.21 Å². The molecule has 14 heteroatoms. The predicted molar refractivity (Wildman–Crippen MR) is 96.7 cm³/mol. The summed E-state index contributed by atoms with van der Waals surface area (Å²) in [5.74, 6) is -0.825. The van der Waals surface area contributed by atoms with Gasteiger partial charge in [0.2, 0.25) is 11.6 Å². The molecule has 30 heavy (non-hydrogen) atoms. The fraction of sp³-hybridized carbons (Fsp3) is 0.188. The Balaban J connectivity index is 2.58. The van der Waals surface area contributed by atoms with Crippen LogP contribution in [0.3, 0.4) is 0 Å². The minimum Gasteiger partial charge on any atom is -0.289 e. The molecule has 0 aliphatic heterocycles. The largest absolute Gasteiger partial charge is 0.416 e. The van der Waals surface area contributed by atoms with Gasteiger partial charge < -0.3 is 0 Å². The standard InChI is InChI=1S/C16H14F3N5O6/c17-16(18,19)10-8-12(23(27)28)15(13(9-10)24(29)30)20-22(7-6-14(25)21-26)11-4-2-1-3-5-11/h1-5,8-9,20,26H,6-7H2,(H,21,25). The number of nitrogens with one attached hydrogen (secondary N) is 2. The topological polar surface area (TPSA) is 151 Å². The average molecular weight is 429 g/mol. The molecule has 1 amide bonds. The lowest BCUT2D eigenvalue weighted by atomic mass is 10.1. The monoisotopic (exact) mass is 429 g/mol. The summed E-state index contributed by atoms with van der Waals surface area (Å²) in [4.78, 5) is 31.7. The zero-order chi connectivity index (χ0) is 22.5. The van der Waals surface area contributed by atoms with Crippen LogP contribution in [0.25, 0.3) is 0 Å². The molecule has 0 spiro atoms. The van der Waals surface area contributed by atoms with Crippen LogP contribution in [0.4, 0.5) is 35.9 Å². The van der Waals surface area contributed by atoms with Crippen LogP contribution in [-0.2, 0) is 11.0 Å². The van der Waals surface area contributed by atoms with Gasteiger partial charge in [-0.1, -0.05) is 18.2 Å². The smallest absolute Gasteiger partial charge is 0.289 e. The van der Waals surface area contributed by atoms with Gasteiger partial charge >= 0.3 is 17.6 Å². The van der Waals surface area contributed by atoms with Gasteiger partial charge in [-0.15, -0.1) is 0 Å². The van der Waals surface area contributed by atoms with Gasteiger partial charge in [-0.3, -0.25) is 40.7 Å². The summed E-state index contributed by atoms with van der Waals surface area (Å²) < 4.78 is 39.1. The van der Waals surface area contributed by atoms with Crippen molar-refractivity contribution in [2.24, 2.45) is 0 Å². The number of alkyl halides is 3. The highest BCUT2D eigenvalue weighted by Crippen LogP contribution is 2.41. The van der Waals surface area contributed by atoms with Crippen molar-refractivity contribution in [3.63, 3.8) is 0 Å². The molecule has 2 aromatic carbocycles. The van der Waals surface area contributed by atoms with Crippen molar-refractivity contribution in [2.45, 2.75) is 12.6 Å². The van der Waals surface area contributed by atoms with E-state index in [2.05, 4.69) is 5.43 Å². The molecule has 0 heterocycles. The zero-order valence-electron chi connectivity index (χ0n) is 14.9.